The minimum absolute atomic E-state index is 0.00742. The van der Waals surface area contributed by atoms with Gasteiger partial charge in [-0.3, -0.25) is 4.79 Å². The van der Waals surface area contributed by atoms with Crippen molar-refractivity contribution in [3.63, 3.8) is 0 Å². The first-order valence-corrected chi connectivity index (χ1v) is 9.61. The molecule has 0 radical (unpaired) electrons. The van der Waals surface area contributed by atoms with Crippen LogP contribution in [-0.4, -0.2) is 16.6 Å². The SMILES string of the molecule is O=C(CSc1nc2cc(Cl)ccc2o1)NC1CCCc2ccccc21. The second kappa shape index (κ2) is 7.10. The summed E-state index contributed by atoms with van der Waals surface area (Å²) in [7, 11) is 0. The lowest BCUT2D eigenvalue weighted by atomic mass is 9.88. The number of hydrogen-bond acceptors (Lipinski definition) is 4. The van der Waals surface area contributed by atoms with Crippen molar-refractivity contribution >= 4 is 40.4 Å². The van der Waals surface area contributed by atoms with E-state index < -0.39 is 0 Å². The molecule has 1 N–H and O–H groups in total. The van der Waals surface area contributed by atoms with Gasteiger partial charge in [0.05, 0.1) is 11.8 Å². The summed E-state index contributed by atoms with van der Waals surface area (Å²) in [6.07, 6.45) is 3.17. The number of aromatic nitrogens is 1. The van der Waals surface area contributed by atoms with Gasteiger partial charge in [0.15, 0.2) is 5.58 Å². The first-order valence-electron chi connectivity index (χ1n) is 8.25. The second-order valence-corrected chi connectivity index (χ2v) is 7.45. The van der Waals surface area contributed by atoms with E-state index in [1.807, 2.05) is 6.07 Å². The van der Waals surface area contributed by atoms with E-state index in [4.69, 9.17) is 16.0 Å². The van der Waals surface area contributed by atoms with Crippen LogP contribution in [0.1, 0.15) is 30.0 Å². The molecule has 25 heavy (non-hydrogen) atoms. The topological polar surface area (TPSA) is 55.1 Å². The maximum atomic E-state index is 12.3. The zero-order valence-corrected chi connectivity index (χ0v) is 15.1. The number of oxazole rings is 1. The smallest absolute Gasteiger partial charge is 0.257 e. The van der Waals surface area contributed by atoms with E-state index in [0.29, 0.717) is 21.3 Å². The predicted octanol–water partition coefficient (Wildman–Crippen LogP) is 4.77. The molecule has 1 unspecified atom stereocenters. The Balaban J connectivity index is 1.39. The van der Waals surface area contributed by atoms with Gasteiger partial charge in [-0.25, -0.2) is 4.98 Å². The van der Waals surface area contributed by atoms with Crippen LogP contribution in [0, 0.1) is 0 Å². The summed E-state index contributed by atoms with van der Waals surface area (Å²) < 4.78 is 5.63. The van der Waals surface area contributed by atoms with Crippen LogP contribution in [-0.2, 0) is 11.2 Å². The lowest BCUT2D eigenvalue weighted by Crippen LogP contribution is -2.32. The number of aryl methyl sites for hydroxylation is 1. The van der Waals surface area contributed by atoms with Gasteiger partial charge in [-0.1, -0.05) is 47.6 Å². The zero-order valence-electron chi connectivity index (χ0n) is 13.5. The Bertz CT molecular complexity index is 925. The van der Waals surface area contributed by atoms with Gasteiger partial charge in [0, 0.05) is 5.02 Å². The highest BCUT2D eigenvalue weighted by atomic mass is 35.5. The maximum absolute atomic E-state index is 12.3. The van der Waals surface area contributed by atoms with E-state index in [1.165, 1.54) is 22.9 Å². The molecule has 1 aliphatic rings. The maximum Gasteiger partial charge on any atom is 0.257 e. The average molecular weight is 373 g/mol. The molecule has 128 valence electrons. The molecule has 1 aromatic heterocycles. The molecular weight excluding hydrogens is 356 g/mol. The van der Waals surface area contributed by atoms with Crippen LogP contribution < -0.4 is 5.32 Å². The summed E-state index contributed by atoms with van der Waals surface area (Å²) in [6, 6.07) is 13.7. The minimum atomic E-state index is -0.00742. The van der Waals surface area contributed by atoms with Crippen LogP contribution in [0.3, 0.4) is 0 Å². The molecule has 4 nitrogen and oxygen atoms in total. The van der Waals surface area contributed by atoms with Crippen molar-refractivity contribution < 1.29 is 9.21 Å². The van der Waals surface area contributed by atoms with Gasteiger partial charge < -0.3 is 9.73 Å². The molecule has 0 aliphatic heterocycles. The highest BCUT2D eigenvalue weighted by molar-refractivity contribution is 7.99. The molecule has 4 rings (SSSR count). The fourth-order valence-electron chi connectivity index (χ4n) is 3.21. The number of rotatable bonds is 4. The fourth-order valence-corrected chi connectivity index (χ4v) is 4.02. The van der Waals surface area contributed by atoms with Crippen LogP contribution in [0.15, 0.2) is 52.1 Å². The van der Waals surface area contributed by atoms with E-state index in [0.717, 1.165) is 19.3 Å². The lowest BCUT2D eigenvalue weighted by Gasteiger charge is -2.26. The monoisotopic (exact) mass is 372 g/mol. The summed E-state index contributed by atoms with van der Waals surface area (Å²) in [5.41, 5.74) is 3.95. The van der Waals surface area contributed by atoms with Gasteiger partial charge in [-0.05, 0) is 48.6 Å². The van der Waals surface area contributed by atoms with Crippen molar-refractivity contribution in [3.05, 3.63) is 58.6 Å². The Morgan fingerprint density at radius 1 is 1.32 bits per heavy atom. The molecule has 0 bridgehead atoms. The number of benzene rings is 2. The van der Waals surface area contributed by atoms with Crippen molar-refractivity contribution in [1.29, 1.82) is 0 Å². The van der Waals surface area contributed by atoms with Gasteiger partial charge in [0.2, 0.25) is 5.91 Å². The molecular formula is C19H17ClN2O2S. The lowest BCUT2D eigenvalue weighted by molar-refractivity contribution is -0.119. The number of hydrogen-bond donors (Lipinski definition) is 1. The Labute approximate surface area is 155 Å². The van der Waals surface area contributed by atoms with Crippen molar-refractivity contribution in [2.75, 3.05) is 5.75 Å². The van der Waals surface area contributed by atoms with Crippen LogP contribution in [0.4, 0.5) is 0 Å². The molecule has 0 saturated heterocycles. The number of carbonyl (C=O) groups excluding carboxylic acids is 1. The number of carbonyl (C=O) groups is 1. The largest absolute Gasteiger partial charge is 0.431 e. The van der Waals surface area contributed by atoms with E-state index in [9.17, 15) is 4.79 Å². The van der Waals surface area contributed by atoms with Gasteiger partial charge in [-0.15, -0.1) is 0 Å². The summed E-state index contributed by atoms with van der Waals surface area (Å²) in [6.45, 7) is 0. The van der Waals surface area contributed by atoms with E-state index in [2.05, 4.69) is 28.5 Å². The van der Waals surface area contributed by atoms with Crippen LogP contribution in [0.5, 0.6) is 0 Å². The normalized spacial score (nSPS) is 16.6. The molecule has 1 atom stereocenters. The van der Waals surface area contributed by atoms with Gasteiger partial charge >= 0.3 is 0 Å². The number of thioether (sulfide) groups is 1. The van der Waals surface area contributed by atoms with Gasteiger partial charge in [0.1, 0.15) is 5.52 Å². The first kappa shape index (κ1) is 16.5. The van der Waals surface area contributed by atoms with E-state index in [1.54, 1.807) is 18.2 Å². The number of halogens is 1. The number of fused-ring (bicyclic) bond motifs is 2. The molecule has 3 aromatic rings. The van der Waals surface area contributed by atoms with Crippen molar-refractivity contribution in [2.45, 2.75) is 30.5 Å². The van der Waals surface area contributed by atoms with Crippen LogP contribution >= 0.6 is 23.4 Å². The summed E-state index contributed by atoms with van der Waals surface area (Å²) in [4.78, 5) is 16.7. The predicted molar refractivity (Wildman–Crippen MR) is 100 cm³/mol. The average Bonchev–Trinajstić information content (AvgIpc) is 3.02. The Morgan fingerprint density at radius 3 is 3.12 bits per heavy atom. The molecule has 1 heterocycles. The van der Waals surface area contributed by atoms with E-state index >= 15 is 0 Å². The fraction of sp³-hybridized carbons (Fsp3) is 0.263. The van der Waals surface area contributed by atoms with Crippen molar-refractivity contribution in [3.8, 4) is 0 Å². The van der Waals surface area contributed by atoms with Crippen LogP contribution in [0.2, 0.25) is 5.02 Å². The highest BCUT2D eigenvalue weighted by Crippen LogP contribution is 2.30. The van der Waals surface area contributed by atoms with Gasteiger partial charge in [-0.2, -0.15) is 0 Å². The van der Waals surface area contributed by atoms with Crippen molar-refractivity contribution in [1.82, 2.24) is 10.3 Å². The molecule has 0 spiro atoms. The Hall–Kier alpha value is -1.98. The third kappa shape index (κ3) is 3.67. The van der Waals surface area contributed by atoms with Crippen LogP contribution in [0.25, 0.3) is 11.1 Å². The molecule has 2 aromatic carbocycles. The minimum Gasteiger partial charge on any atom is -0.431 e. The van der Waals surface area contributed by atoms with E-state index in [-0.39, 0.29) is 17.7 Å². The molecule has 0 saturated carbocycles. The second-order valence-electron chi connectivity index (χ2n) is 6.09. The molecule has 1 amide bonds. The summed E-state index contributed by atoms with van der Waals surface area (Å²) in [5.74, 6) is 0.270. The Kier molecular flexibility index (Phi) is 4.68. The van der Waals surface area contributed by atoms with Crippen molar-refractivity contribution in [2.24, 2.45) is 0 Å². The molecule has 6 heteroatoms. The third-order valence-corrected chi connectivity index (χ3v) is 5.42. The molecule has 0 fully saturated rings. The number of amides is 1. The number of nitrogens with zero attached hydrogens (tertiary/aromatic N) is 1. The third-order valence-electron chi connectivity index (χ3n) is 4.36. The highest BCUT2D eigenvalue weighted by Gasteiger charge is 2.21. The summed E-state index contributed by atoms with van der Waals surface area (Å²) in [5, 5.41) is 4.24. The quantitative estimate of drug-likeness (QED) is 0.670. The van der Waals surface area contributed by atoms with Gasteiger partial charge in [0.25, 0.3) is 5.22 Å². The standard InChI is InChI=1S/C19H17ClN2O2S/c20-13-8-9-17-16(10-13)22-19(24-17)25-11-18(23)21-15-7-3-5-12-4-1-2-6-14(12)15/h1-2,4,6,8-10,15H,3,5,7,11H2,(H,21,23). The Morgan fingerprint density at radius 2 is 2.20 bits per heavy atom. The first-order chi connectivity index (χ1) is 12.2. The number of nitrogens with one attached hydrogen (secondary N) is 1. The zero-order chi connectivity index (χ0) is 17.2. The molecule has 1 aliphatic carbocycles. The summed E-state index contributed by atoms with van der Waals surface area (Å²) >= 11 is 7.25.